The van der Waals surface area contributed by atoms with Gasteiger partial charge in [0.1, 0.15) is 5.75 Å². The number of likely N-dealkylation sites (tertiary alicyclic amines) is 1. The van der Waals surface area contributed by atoms with Crippen molar-refractivity contribution in [2.45, 2.75) is 49.7 Å². The number of para-hydroxylation sites is 1. The monoisotopic (exact) mass is 682 g/mol. The van der Waals surface area contributed by atoms with Gasteiger partial charge < -0.3 is 29.5 Å². The summed E-state index contributed by atoms with van der Waals surface area (Å²) in [7, 11) is -2.47. The third-order valence-electron chi connectivity index (χ3n) is 8.52. The second-order valence-electron chi connectivity index (χ2n) is 11.7. The lowest BCUT2D eigenvalue weighted by Crippen LogP contribution is -2.38. The van der Waals surface area contributed by atoms with Crippen molar-refractivity contribution in [3.8, 4) is 5.75 Å². The summed E-state index contributed by atoms with van der Waals surface area (Å²) in [6.45, 7) is 2.40. The highest BCUT2D eigenvalue weighted by atomic mass is 32.2. The van der Waals surface area contributed by atoms with E-state index in [4.69, 9.17) is 14.2 Å². The Morgan fingerprint density at radius 3 is 2.58 bits per heavy atom. The molecule has 2 aliphatic rings. The number of rotatable bonds is 15. The molecule has 258 valence electrons. The molecule has 2 amide bonds. The van der Waals surface area contributed by atoms with E-state index in [-0.39, 0.29) is 48.1 Å². The van der Waals surface area contributed by atoms with Crippen LogP contribution in [0.5, 0.6) is 5.75 Å². The lowest BCUT2D eigenvalue weighted by atomic mass is 9.92. The van der Waals surface area contributed by atoms with Crippen LogP contribution in [0.3, 0.4) is 0 Å². The Kier molecular flexibility index (Phi) is 11.5. The summed E-state index contributed by atoms with van der Waals surface area (Å²) in [5.41, 5.74) is 1.56. The number of methoxy groups -OCH3 is 1. The van der Waals surface area contributed by atoms with Crippen molar-refractivity contribution in [1.82, 2.24) is 19.1 Å². The number of carbonyl (C=O) groups excluding carboxylic acids is 3. The highest BCUT2D eigenvalue weighted by molar-refractivity contribution is 7.89. The third kappa shape index (κ3) is 8.06. The third-order valence-corrected chi connectivity index (χ3v) is 10.4. The topological polar surface area (TPSA) is 157 Å². The number of hydrogen-bond acceptors (Lipinski definition) is 9. The van der Waals surface area contributed by atoms with Crippen LogP contribution in [0.1, 0.15) is 48.9 Å². The molecule has 1 fully saturated rings. The van der Waals surface area contributed by atoms with Crippen molar-refractivity contribution >= 4 is 38.6 Å². The van der Waals surface area contributed by atoms with Crippen LogP contribution >= 0.6 is 0 Å². The van der Waals surface area contributed by atoms with Gasteiger partial charge in [-0.25, -0.2) is 8.42 Å². The van der Waals surface area contributed by atoms with E-state index in [0.717, 1.165) is 33.7 Å². The van der Waals surface area contributed by atoms with Gasteiger partial charge in [-0.1, -0.05) is 18.2 Å². The molecule has 0 spiro atoms. The molecule has 0 bridgehead atoms. The first kappa shape index (κ1) is 35.1. The molecule has 13 nitrogen and oxygen atoms in total. The molecule has 2 aliphatic heterocycles. The summed E-state index contributed by atoms with van der Waals surface area (Å²) in [6, 6.07) is 13.5. The van der Waals surface area contributed by atoms with E-state index in [1.165, 1.54) is 26.2 Å². The predicted octanol–water partition coefficient (Wildman–Crippen LogP) is 2.85. The summed E-state index contributed by atoms with van der Waals surface area (Å²) in [6.07, 6.45) is 4.86. The summed E-state index contributed by atoms with van der Waals surface area (Å²) >= 11 is 0. The molecule has 3 heterocycles. The number of ether oxygens (including phenoxy) is 3. The summed E-state index contributed by atoms with van der Waals surface area (Å²) in [5, 5.41) is 13.4. The van der Waals surface area contributed by atoms with Gasteiger partial charge in [-0.15, -0.1) is 0 Å². The van der Waals surface area contributed by atoms with Gasteiger partial charge in [0.05, 0.1) is 30.7 Å². The number of carbonyl (C=O) groups is 3. The van der Waals surface area contributed by atoms with Crippen LogP contribution in [-0.2, 0) is 29.1 Å². The fraction of sp³-hybridized carbons (Fsp3) is 0.441. The Morgan fingerprint density at radius 1 is 1.12 bits per heavy atom. The Bertz CT molecular complexity index is 1750. The number of sulfonamides is 1. The van der Waals surface area contributed by atoms with Crippen molar-refractivity contribution in [2.75, 3.05) is 53.0 Å². The number of benzene rings is 2. The normalized spacial score (nSPS) is 18.2. The number of aromatic nitrogens is 1. The van der Waals surface area contributed by atoms with Gasteiger partial charge in [-0.05, 0) is 54.8 Å². The molecule has 5 rings (SSSR count). The molecule has 14 heteroatoms. The van der Waals surface area contributed by atoms with Crippen molar-refractivity contribution in [2.24, 2.45) is 0 Å². The lowest BCUT2D eigenvalue weighted by molar-refractivity contribution is -0.146. The number of nitrogens with zero attached hydrogens (tertiary/aromatic N) is 3. The number of allylic oxidation sites excluding steroid dienone is 1. The van der Waals surface area contributed by atoms with Crippen molar-refractivity contribution in [1.29, 1.82) is 0 Å². The largest absolute Gasteiger partial charge is 0.497 e. The fourth-order valence-electron chi connectivity index (χ4n) is 6.04. The van der Waals surface area contributed by atoms with Crippen LogP contribution < -0.4 is 10.1 Å². The maximum atomic E-state index is 13.4. The van der Waals surface area contributed by atoms with E-state index >= 15 is 0 Å². The maximum absolute atomic E-state index is 13.4. The number of fused-ring (bicyclic) bond motifs is 1. The van der Waals surface area contributed by atoms with Crippen molar-refractivity contribution in [3.05, 3.63) is 72.1 Å². The van der Waals surface area contributed by atoms with Crippen LogP contribution in [0.2, 0.25) is 0 Å². The number of aliphatic hydroxyl groups is 1. The summed E-state index contributed by atoms with van der Waals surface area (Å²) in [4.78, 5) is 39.6. The first-order valence-corrected chi connectivity index (χ1v) is 17.5. The van der Waals surface area contributed by atoms with E-state index in [1.54, 1.807) is 33.9 Å². The molecule has 0 saturated carbocycles. The quantitative estimate of drug-likeness (QED) is 0.230. The zero-order chi connectivity index (χ0) is 34.3. The van der Waals surface area contributed by atoms with Crippen LogP contribution in [0, 0.1) is 0 Å². The first-order valence-electron chi connectivity index (χ1n) is 16.0. The Morgan fingerprint density at radius 2 is 1.90 bits per heavy atom. The smallest absolute Gasteiger partial charge is 0.286 e. The van der Waals surface area contributed by atoms with Crippen molar-refractivity contribution in [3.63, 3.8) is 0 Å². The molecule has 2 N–H and O–H groups in total. The van der Waals surface area contributed by atoms with E-state index < -0.39 is 28.8 Å². The Labute approximate surface area is 280 Å². The Hall–Kier alpha value is -4.24. The molecule has 0 aliphatic carbocycles. The number of nitrogens with one attached hydrogen (secondary N) is 1. The minimum atomic E-state index is -3.96. The average molecular weight is 683 g/mol. The Balaban J connectivity index is 1.31. The highest BCUT2D eigenvalue weighted by Crippen LogP contribution is 2.36. The van der Waals surface area contributed by atoms with Crippen LogP contribution in [0.4, 0.5) is 0 Å². The second-order valence-corrected chi connectivity index (χ2v) is 13.6. The van der Waals surface area contributed by atoms with Crippen LogP contribution in [-0.4, -0.2) is 104 Å². The first-order chi connectivity index (χ1) is 23.1. The van der Waals surface area contributed by atoms with Gasteiger partial charge in [-0.3, -0.25) is 19.0 Å². The molecule has 0 unspecified atom stereocenters. The van der Waals surface area contributed by atoms with Gasteiger partial charge in [-0.2, -0.15) is 4.31 Å². The van der Waals surface area contributed by atoms with Gasteiger partial charge >= 0.3 is 0 Å². The van der Waals surface area contributed by atoms with Crippen LogP contribution in [0.15, 0.2) is 71.5 Å². The zero-order valence-corrected chi connectivity index (χ0v) is 28.0. The SMILES string of the molecule is COc1ccc(S(=O)(=O)N(CCO)CCO[C@@H]2C[C@H](c3cn(C(C)=O)c4ccccc34)C=C(C(=O)NCCCN3CCCC3=O)O2)cc1. The highest BCUT2D eigenvalue weighted by Gasteiger charge is 2.32. The molecule has 2 aromatic carbocycles. The predicted molar refractivity (Wildman–Crippen MR) is 177 cm³/mol. The van der Waals surface area contributed by atoms with E-state index in [1.807, 2.05) is 24.3 Å². The standard InChI is InChI=1S/C34H42N4O9S/c1-24(40)38-23-29(28-7-3-4-8-30(28)38)25-21-31(34(42)35-14-6-16-36-15-5-9-32(36)41)47-33(22-25)46-20-18-37(17-19-39)48(43,44)27-12-10-26(45-2)11-13-27/h3-4,7-8,10-13,21,23,25,33,39H,5-6,9,14-20,22H2,1-2H3,(H,35,42)/t25-,33+/m1/s1. The summed E-state index contributed by atoms with van der Waals surface area (Å²) in [5.74, 6) is -0.282. The van der Waals surface area contributed by atoms with E-state index in [2.05, 4.69) is 5.32 Å². The lowest BCUT2D eigenvalue weighted by Gasteiger charge is -2.30. The van der Waals surface area contributed by atoms with Crippen molar-refractivity contribution < 1.29 is 42.1 Å². The fourth-order valence-corrected chi connectivity index (χ4v) is 7.46. The molecule has 2 atom stereocenters. The van der Waals surface area contributed by atoms with E-state index in [0.29, 0.717) is 38.1 Å². The van der Waals surface area contributed by atoms with Crippen LogP contribution in [0.25, 0.3) is 10.9 Å². The number of aliphatic hydroxyl groups excluding tert-OH is 1. The molecule has 48 heavy (non-hydrogen) atoms. The molecular formula is C34H42N4O9S. The van der Waals surface area contributed by atoms with Gasteiger partial charge in [0.15, 0.2) is 5.76 Å². The number of hydrogen-bond donors (Lipinski definition) is 2. The molecule has 1 saturated heterocycles. The minimum Gasteiger partial charge on any atom is -0.497 e. The minimum absolute atomic E-state index is 0.0450. The van der Waals surface area contributed by atoms with Gasteiger partial charge in [0, 0.05) is 70.0 Å². The van der Waals surface area contributed by atoms with Gasteiger partial charge in [0.25, 0.3) is 5.91 Å². The number of amides is 2. The second kappa shape index (κ2) is 15.8. The van der Waals surface area contributed by atoms with E-state index in [9.17, 15) is 27.9 Å². The summed E-state index contributed by atoms with van der Waals surface area (Å²) < 4.78 is 46.6. The molecule has 1 aromatic heterocycles. The van der Waals surface area contributed by atoms with Gasteiger partial charge in [0.2, 0.25) is 28.1 Å². The zero-order valence-electron chi connectivity index (χ0n) is 27.2. The molecule has 3 aromatic rings. The molecular weight excluding hydrogens is 640 g/mol. The molecule has 0 radical (unpaired) electrons. The average Bonchev–Trinajstić information content (AvgIpc) is 3.69. The maximum Gasteiger partial charge on any atom is 0.286 e.